The van der Waals surface area contributed by atoms with Crippen LogP contribution in [0.25, 0.3) is 0 Å². The summed E-state index contributed by atoms with van der Waals surface area (Å²) in [4.78, 5) is 15.4. The first-order chi connectivity index (χ1) is 9.02. The van der Waals surface area contributed by atoms with Gasteiger partial charge >= 0.3 is 5.97 Å². The van der Waals surface area contributed by atoms with Gasteiger partial charge in [0.2, 0.25) is 0 Å². The van der Waals surface area contributed by atoms with Gasteiger partial charge in [-0.15, -0.1) is 0 Å². The van der Waals surface area contributed by atoms with E-state index in [1.807, 2.05) is 26.0 Å². The molecule has 0 saturated heterocycles. The number of aromatic nitrogens is 1. The molecule has 0 spiro atoms. The Labute approximate surface area is 114 Å². The highest BCUT2D eigenvalue weighted by Gasteiger charge is 2.09. The van der Waals surface area contributed by atoms with Gasteiger partial charge in [-0.05, 0) is 32.4 Å². The fourth-order valence-electron chi connectivity index (χ4n) is 1.68. The van der Waals surface area contributed by atoms with Crippen molar-refractivity contribution in [2.75, 3.05) is 13.7 Å². The van der Waals surface area contributed by atoms with Gasteiger partial charge in [0, 0.05) is 24.6 Å². The first-order valence-electron chi connectivity index (χ1n) is 6.44. The van der Waals surface area contributed by atoms with Crippen LogP contribution in [0.4, 0.5) is 0 Å². The van der Waals surface area contributed by atoms with Crippen molar-refractivity contribution in [1.29, 1.82) is 0 Å². The molecular formula is C14H22N2O3. The van der Waals surface area contributed by atoms with Crippen LogP contribution >= 0.6 is 0 Å². The van der Waals surface area contributed by atoms with Crippen LogP contribution in [0.5, 0.6) is 5.75 Å². The van der Waals surface area contributed by atoms with Crippen molar-refractivity contribution in [2.24, 2.45) is 5.73 Å². The lowest BCUT2D eigenvalue weighted by Gasteiger charge is -2.12. The lowest BCUT2D eigenvalue weighted by Crippen LogP contribution is -2.19. The maximum atomic E-state index is 11.0. The number of nitrogens with two attached hydrogens (primary N) is 1. The van der Waals surface area contributed by atoms with Gasteiger partial charge in [-0.1, -0.05) is 0 Å². The van der Waals surface area contributed by atoms with Gasteiger partial charge in [0.1, 0.15) is 5.75 Å². The third-order valence-electron chi connectivity index (χ3n) is 2.60. The molecule has 0 aromatic carbocycles. The molecule has 1 atom stereocenters. The quantitative estimate of drug-likeness (QED) is 0.599. The molecule has 5 heteroatoms. The van der Waals surface area contributed by atoms with Crippen molar-refractivity contribution in [3.05, 3.63) is 23.5 Å². The smallest absolute Gasteiger partial charge is 0.305 e. The average molecular weight is 266 g/mol. The second-order valence-corrected chi connectivity index (χ2v) is 4.61. The summed E-state index contributed by atoms with van der Waals surface area (Å²) in [7, 11) is 1.38. The van der Waals surface area contributed by atoms with Crippen molar-refractivity contribution in [3.8, 4) is 5.75 Å². The van der Waals surface area contributed by atoms with Gasteiger partial charge in [-0.2, -0.15) is 0 Å². The third kappa shape index (κ3) is 5.70. The zero-order chi connectivity index (χ0) is 14.3. The molecule has 0 bridgehead atoms. The van der Waals surface area contributed by atoms with Gasteiger partial charge in [0.15, 0.2) is 0 Å². The number of hydrogen-bond donors (Lipinski definition) is 1. The zero-order valence-electron chi connectivity index (χ0n) is 11.8. The van der Waals surface area contributed by atoms with Gasteiger partial charge in [-0.25, -0.2) is 0 Å². The van der Waals surface area contributed by atoms with Crippen LogP contribution in [-0.4, -0.2) is 30.7 Å². The van der Waals surface area contributed by atoms with Crippen molar-refractivity contribution in [1.82, 2.24) is 4.98 Å². The van der Waals surface area contributed by atoms with Gasteiger partial charge < -0.3 is 15.2 Å². The summed E-state index contributed by atoms with van der Waals surface area (Å²) >= 11 is 0. The Morgan fingerprint density at radius 2 is 2.21 bits per heavy atom. The predicted octanol–water partition coefficient (Wildman–Crippen LogP) is 1.61. The Morgan fingerprint density at radius 3 is 2.84 bits per heavy atom. The minimum absolute atomic E-state index is 0.0340. The zero-order valence-corrected chi connectivity index (χ0v) is 11.8. The highest BCUT2D eigenvalue weighted by molar-refractivity contribution is 5.69. The van der Waals surface area contributed by atoms with E-state index in [1.54, 1.807) is 0 Å². The largest absolute Gasteiger partial charge is 0.492 e. The standard InChI is InChI=1S/C14H22N2O3/c1-10(15)9-12-13(7-6-11(2)16-12)19-8-4-5-14(17)18-3/h6-7,10H,4-5,8-9,15H2,1-3H3. The van der Waals surface area contributed by atoms with Crippen LogP contribution in [0, 0.1) is 6.92 Å². The fraction of sp³-hybridized carbons (Fsp3) is 0.571. The maximum absolute atomic E-state index is 11.0. The molecule has 1 unspecified atom stereocenters. The molecule has 0 fully saturated rings. The number of nitrogens with zero attached hydrogens (tertiary/aromatic N) is 1. The number of pyridine rings is 1. The molecule has 0 aliphatic heterocycles. The Hall–Kier alpha value is -1.62. The average Bonchev–Trinajstić information content (AvgIpc) is 2.35. The van der Waals surface area contributed by atoms with Gasteiger partial charge in [0.25, 0.3) is 0 Å². The van der Waals surface area contributed by atoms with Crippen LogP contribution in [-0.2, 0) is 16.0 Å². The Morgan fingerprint density at radius 1 is 1.47 bits per heavy atom. The molecule has 0 amide bonds. The molecule has 1 heterocycles. The van der Waals surface area contributed by atoms with Crippen molar-refractivity contribution >= 4 is 5.97 Å². The van der Waals surface area contributed by atoms with Crippen LogP contribution < -0.4 is 10.5 Å². The van der Waals surface area contributed by atoms with Crippen LogP contribution in [0.2, 0.25) is 0 Å². The molecule has 0 aliphatic rings. The SMILES string of the molecule is COC(=O)CCCOc1ccc(C)nc1CC(C)N. The number of ether oxygens (including phenoxy) is 2. The lowest BCUT2D eigenvalue weighted by atomic mass is 10.1. The van der Waals surface area contributed by atoms with Gasteiger partial charge in [-0.3, -0.25) is 9.78 Å². The predicted molar refractivity (Wildman–Crippen MR) is 73.1 cm³/mol. The highest BCUT2D eigenvalue weighted by Crippen LogP contribution is 2.18. The molecular weight excluding hydrogens is 244 g/mol. The maximum Gasteiger partial charge on any atom is 0.305 e. The van der Waals surface area contributed by atoms with Gasteiger partial charge in [0.05, 0.1) is 19.4 Å². The van der Waals surface area contributed by atoms with Crippen LogP contribution in [0.3, 0.4) is 0 Å². The lowest BCUT2D eigenvalue weighted by molar-refractivity contribution is -0.140. The normalized spacial score (nSPS) is 12.0. The van der Waals surface area contributed by atoms with E-state index in [0.717, 1.165) is 17.1 Å². The van der Waals surface area contributed by atoms with E-state index < -0.39 is 0 Å². The summed E-state index contributed by atoms with van der Waals surface area (Å²) in [5.74, 6) is 0.522. The topological polar surface area (TPSA) is 74.4 Å². The summed E-state index contributed by atoms with van der Waals surface area (Å²) < 4.78 is 10.2. The first kappa shape index (κ1) is 15.4. The second-order valence-electron chi connectivity index (χ2n) is 4.61. The number of hydrogen-bond acceptors (Lipinski definition) is 5. The molecule has 1 aromatic heterocycles. The van der Waals surface area contributed by atoms with Crippen molar-refractivity contribution in [3.63, 3.8) is 0 Å². The summed E-state index contributed by atoms with van der Waals surface area (Å²) in [6, 6.07) is 3.84. The Balaban J connectivity index is 2.54. The van der Waals surface area contributed by atoms with E-state index in [4.69, 9.17) is 10.5 Å². The second kappa shape index (κ2) is 7.74. The number of aryl methyl sites for hydroxylation is 1. The number of carbonyl (C=O) groups excluding carboxylic acids is 1. The van der Waals surface area contributed by atoms with Crippen LogP contribution in [0.15, 0.2) is 12.1 Å². The molecule has 0 saturated carbocycles. The first-order valence-corrected chi connectivity index (χ1v) is 6.44. The molecule has 0 aliphatic carbocycles. The molecule has 1 rings (SSSR count). The number of methoxy groups -OCH3 is 1. The summed E-state index contributed by atoms with van der Waals surface area (Å²) in [5.41, 5.74) is 7.61. The van der Waals surface area contributed by atoms with E-state index in [1.165, 1.54) is 7.11 Å². The van der Waals surface area contributed by atoms with Crippen molar-refractivity contribution < 1.29 is 14.3 Å². The van der Waals surface area contributed by atoms with E-state index >= 15 is 0 Å². The van der Waals surface area contributed by atoms with Crippen LogP contribution in [0.1, 0.15) is 31.2 Å². The highest BCUT2D eigenvalue weighted by atomic mass is 16.5. The van der Waals surface area contributed by atoms with E-state index in [2.05, 4.69) is 9.72 Å². The number of rotatable bonds is 7. The number of carbonyl (C=O) groups is 1. The summed E-state index contributed by atoms with van der Waals surface area (Å²) in [5, 5.41) is 0. The molecule has 2 N–H and O–H groups in total. The Kier molecular flexibility index (Phi) is 6.29. The minimum Gasteiger partial charge on any atom is -0.492 e. The molecule has 0 radical (unpaired) electrons. The minimum atomic E-state index is -0.221. The molecule has 5 nitrogen and oxygen atoms in total. The van der Waals surface area contributed by atoms with Crippen molar-refractivity contribution in [2.45, 2.75) is 39.2 Å². The Bertz CT molecular complexity index is 419. The molecule has 19 heavy (non-hydrogen) atoms. The third-order valence-corrected chi connectivity index (χ3v) is 2.60. The molecule has 1 aromatic rings. The summed E-state index contributed by atoms with van der Waals surface area (Å²) in [6.45, 7) is 4.34. The van der Waals surface area contributed by atoms with E-state index in [9.17, 15) is 4.79 Å². The number of esters is 1. The molecule has 106 valence electrons. The monoisotopic (exact) mass is 266 g/mol. The summed E-state index contributed by atoms with van der Waals surface area (Å²) in [6.07, 6.45) is 1.66. The van der Waals surface area contributed by atoms with E-state index in [0.29, 0.717) is 25.9 Å². The van der Waals surface area contributed by atoms with E-state index in [-0.39, 0.29) is 12.0 Å². The fourth-order valence-corrected chi connectivity index (χ4v) is 1.68.